The average molecular weight is 175 g/mol. The number of hydrogen-bond acceptors (Lipinski definition) is 1. The first-order valence-electron chi connectivity index (χ1n) is 4.50. The van der Waals surface area contributed by atoms with Gasteiger partial charge in [-0.25, -0.2) is 4.98 Å². The highest BCUT2D eigenvalue weighted by atomic mass is 15.1. The predicted octanol–water partition coefficient (Wildman–Crippen LogP) is 1.75. The van der Waals surface area contributed by atoms with Gasteiger partial charge in [-0.15, -0.1) is 0 Å². The van der Waals surface area contributed by atoms with E-state index in [2.05, 4.69) is 33.4 Å². The molecule has 0 spiro atoms. The van der Waals surface area contributed by atoms with Crippen molar-refractivity contribution in [2.24, 2.45) is 0 Å². The van der Waals surface area contributed by atoms with Gasteiger partial charge >= 0.3 is 0 Å². The van der Waals surface area contributed by atoms with Crippen LogP contribution in [0.5, 0.6) is 0 Å². The molecule has 0 atom stereocenters. The van der Waals surface area contributed by atoms with Crippen molar-refractivity contribution in [3.63, 3.8) is 0 Å². The maximum Gasteiger partial charge on any atom is 0.0948 e. The van der Waals surface area contributed by atoms with Gasteiger partial charge in [-0.3, -0.25) is 0 Å². The van der Waals surface area contributed by atoms with Crippen LogP contribution >= 0.6 is 0 Å². The minimum atomic E-state index is 0.904. The Morgan fingerprint density at radius 1 is 1.31 bits per heavy atom. The molecule has 0 aliphatic carbocycles. The molecular weight excluding hydrogens is 162 g/mol. The molecule has 68 valence electrons. The summed E-state index contributed by atoms with van der Waals surface area (Å²) in [4.78, 5) is 4.12. The fraction of sp³-hybridized carbons (Fsp3) is 0.300. The first-order chi connectivity index (χ1) is 6.40. The summed E-state index contributed by atoms with van der Waals surface area (Å²) in [6.45, 7) is 4.01. The smallest absolute Gasteiger partial charge is 0.0948 e. The molecule has 2 aromatic rings. The maximum atomic E-state index is 4.12. The summed E-state index contributed by atoms with van der Waals surface area (Å²) >= 11 is 0. The molecule has 0 radical (unpaired) electrons. The van der Waals surface area contributed by atoms with Gasteiger partial charge in [-0.05, 0) is 19.1 Å². The Labute approximate surface area is 77.6 Å². The lowest BCUT2D eigenvalue weighted by molar-refractivity contribution is 0.670. The maximum absolute atomic E-state index is 4.12. The summed E-state index contributed by atoms with van der Waals surface area (Å²) in [5, 5.41) is 0. The molecule has 13 heavy (non-hydrogen) atoms. The molecule has 2 heterocycles. The molecule has 2 aromatic heterocycles. The lowest BCUT2D eigenvalue weighted by atomic mass is 10.4. The van der Waals surface area contributed by atoms with Crippen LogP contribution in [0.4, 0.5) is 0 Å². The van der Waals surface area contributed by atoms with Crippen LogP contribution in [-0.4, -0.2) is 14.1 Å². The van der Waals surface area contributed by atoms with Gasteiger partial charge in [0.05, 0.1) is 18.6 Å². The average Bonchev–Trinajstić information content (AvgIpc) is 2.76. The van der Waals surface area contributed by atoms with Crippen LogP contribution in [0, 0.1) is 0 Å². The Morgan fingerprint density at radius 2 is 2.08 bits per heavy atom. The fourth-order valence-electron chi connectivity index (χ4n) is 1.43. The Balaban J connectivity index is 2.18. The summed E-state index contributed by atoms with van der Waals surface area (Å²) in [5.41, 5.74) is 1.25. The van der Waals surface area contributed by atoms with E-state index in [0.717, 1.165) is 13.1 Å². The Kier molecular flexibility index (Phi) is 2.17. The van der Waals surface area contributed by atoms with E-state index in [4.69, 9.17) is 0 Å². The second kappa shape index (κ2) is 3.47. The highest BCUT2D eigenvalue weighted by Crippen LogP contribution is 2.02. The van der Waals surface area contributed by atoms with Gasteiger partial charge in [0.25, 0.3) is 0 Å². The van der Waals surface area contributed by atoms with Crippen molar-refractivity contribution in [3.05, 3.63) is 42.7 Å². The summed E-state index contributed by atoms with van der Waals surface area (Å²) in [6, 6.07) is 4.07. The summed E-state index contributed by atoms with van der Waals surface area (Å²) in [5.74, 6) is 0. The zero-order valence-corrected chi connectivity index (χ0v) is 7.72. The van der Waals surface area contributed by atoms with Crippen molar-refractivity contribution in [2.45, 2.75) is 20.0 Å². The summed E-state index contributed by atoms with van der Waals surface area (Å²) in [7, 11) is 0. The molecule has 0 saturated carbocycles. The summed E-state index contributed by atoms with van der Waals surface area (Å²) in [6.07, 6.45) is 7.92. The van der Waals surface area contributed by atoms with Gasteiger partial charge in [-0.1, -0.05) is 0 Å². The molecule has 0 unspecified atom stereocenters. The van der Waals surface area contributed by atoms with Crippen molar-refractivity contribution >= 4 is 0 Å². The number of rotatable bonds is 3. The van der Waals surface area contributed by atoms with Crippen LogP contribution in [0.2, 0.25) is 0 Å². The number of nitrogens with zero attached hydrogens (tertiary/aromatic N) is 3. The Morgan fingerprint density at radius 3 is 2.77 bits per heavy atom. The van der Waals surface area contributed by atoms with Gasteiger partial charge in [0.2, 0.25) is 0 Å². The normalized spacial score (nSPS) is 10.5. The molecule has 0 fully saturated rings. The SMILES string of the molecule is CCn1cncc1Cn1cccc1. The minimum Gasteiger partial charge on any atom is -0.348 e. The highest BCUT2D eigenvalue weighted by Gasteiger charge is 1.99. The minimum absolute atomic E-state index is 0.904. The molecule has 0 bridgehead atoms. The van der Waals surface area contributed by atoms with Gasteiger partial charge in [0.15, 0.2) is 0 Å². The largest absolute Gasteiger partial charge is 0.348 e. The number of aryl methyl sites for hydroxylation is 1. The van der Waals surface area contributed by atoms with Gasteiger partial charge in [-0.2, -0.15) is 0 Å². The third-order valence-electron chi connectivity index (χ3n) is 2.15. The van der Waals surface area contributed by atoms with E-state index in [1.807, 2.05) is 24.7 Å². The molecule has 3 nitrogen and oxygen atoms in total. The van der Waals surface area contributed by atoms with Crippen molar-refractivity contribution in [1.82, 2.24) is 14.1 Å². The fourth-order valence-corrected chi connectivity index (χ4v) is 1.43. The van der Waals surface area contributed by atoms with Crippen LogP contribution in [0.3, 0.4) is 0 Å². The number of aromatic nitrogens is 3. The third-order valence-corrected chi connectivity index (χ3v) is 2.15. The van der Waals surface area contributed by atoms with Crippen LogP contribution in [-0.2, 0) is 13.1 Å². The monoisotopic (exact) mass is 175 g/mol. The Hall–Kier alpha value is -1.51. The van der Waals surface area contributed by atoms with E-state index in [9.17, 15) is 0 Å². The van der Waals surface area contributed by atoms with E-state index in [1.165, 1.54) is 5.69 Å². The molecule has 0 amide bonds. The van der Waals surface area contributed by atoms with Crippen LogP contribution in [0.15, 0.2) is 37.1 Å². The topological polar surface area (TPSA) is 22.8 Å². The third kappa shape index (κ3) is 1.64. The molecule has 0 saturated heterocycles. The number of imidazole rings is 1. The first-order valence-corrected chi connectivity index (χ1v) is 4.50. The molecule has 0 aliphatic rings. The van der Waals surface area contributed by atoms with E-state index in [-0.39, 0.29) is 0 Å². The van der Waals surface area contributed by atoms with E-state index < -0.39 is 0 Å². The molecule has 2 rings (SSSR count). The zero-order chi connectivity index (χ0) is 9.10. The quantitative estimate of drug-likeness (QED) is 0.697. The van der Waals surface area contributed by atoms with Gasteiger partial charge in [0.1, 0.15) is 0 Å². The lowest BCUT2D eigenvalue weighted by Gasteiger charge is -2.05. The van der Waals surface area contributed by atoms with Crippen molar-refractivity contribution in [3.8, 4) is 0 Å². The molecule has 0 aromatic carbocycles. The standard InChI is InChI=1S/C10H13N3/c1-2-13-9-11-7-10(13)8-12-5-3-4-6-12/h3-7,9H,2,8H2,1H3. The van der Waals surface area contributed by atoms with Gasteiger partial charge in [0, 0.05) is 25.1 Å². The predicted molar refractivity (Wildman–Crippen MR) is 51.4 cm³/mol. The molecule has 0 aliphatic heterocycles. The molecule has 3 heteroatoms. The second-order valence-electron chi connectivity index (χ2n) is 3.03. The lowest BCUT2D eigenvalue weighted by Crippen LogP contribution is -2.03. The Bertz CT molecular complexity index is 359. The van der Waals surface area contributed by atoms with Crippen LogP contribution in [0.1, 0.15) is 12.6 Å². The first kappa shape index (κ1) is 8.10. The zero-order valence-electron chi connectivity index (χ0n) is 7.72. The summed E-state index contributed by atoms with van der Waals surface area (Å²) < 4.78 is 4.29. The van der Waals surface area contributed by atoms with Gasteiger partial charge < -0.3 is 9.13 Å². The van der Waals surface area contributed by atoms with E-state index >= 15 is 0 Å². The molecule has 0 N–H and O–H groups in total. The van der Waals surface area contributed by atoms with Crippen LogP contribution in [0.25, 0.3) is 0 Å². The van der Waals surface area contributed by atoms with Crippen molar-refractivity contribution in [1.29, 1.82) is 0 Å². The van der Waals surface area contributed by atoms with Crippen molar-refractivity contribution < 1.29 is 0 Å². The highest BCUT2D eigenvalue weighted by molar-refractivity contribution is 5.01. The molecular formula is C10H13N3. The van der Waals surface area contributed by atoms with E-state index in [0.29, 0.717) is 0 Å². The van der Waals surface area contributed by atoms with E-state index in [1.54, 1.807) is 0 Å². The second-order valence-corrected chi connectivity index (χ2v) is 3.03. The van der Waals surface area contributed by atoms with Crippen molar-refractivity contribution in [2.75, 3.05) is 0 Å². The number of hydrogen-bond donors (Lipinski definition) is 0. The van der Waals surface area contributed by atoms with Crippen LogP contribution < -0.4 is 0 Å².